The monoisotopic (exact) mass is 263 g/mol. The van der Waals surface area contributed by atoms with Crippen molar-refractivity contribution in [2.75, 3.05) is 11.9 Å². The van der Waals surface area contributed by atoms with E-state index in [4.69, 9.17) is 5.11 Å². The van der Waals surface area contributed by atoms with Gasteiger partial charge in [-0.3, -0.25) is 9.59 Å². The molecule has 0 aromatic heterocycles. The summed E-state index contributed by atoms with van der Waals surface area (Å²) in [6.45, 7) is 4.00. The summed E-state index contributed by atoms with van der Waals surface area (Å²) >= 11 is 0. The van der Waals surface area contributed by atoms with E-state index >= 15 is 0 Å². The van der Waals surface area contributed by atoms with Crippen molar-refractivity contribution in [1.82, 2.24) is 0 Å². The molecule has 0 saturated carbocycles. The standard InChI is InChI=1S/C15H21NO3/c1-4-12(5-2)15(19)16(3)13-8-6-7-11(9-13)10-14(17)18/h6-9,12H,4-5,10H2,1-3H3,(H,17,18). The van der Waals surface area contributed by atoms with Crippen LogP contribution in [0.5, 0.6) is 0 Å². The van der Waals surface area contributed by atoms with Gasteiger partial charge < -0.3 is 10.0 Å². The molecule has 0 heterocycles. The molecule has 19 heavy (non-hydrogen) atoms. The third kappa shape index (κ3) is 4.09. The van der Waals surface area contributed by atoms with E-state index in [1.54, 1.807) is 30.1 Å². The van der Waals surface area contributed by atoms with Gasteiger partial charge in [-0.05, 0) is 30.5 Å². The fourth-order valence-corrected chi connectivity index (χ4v) is 2.09. The van der Waals surface area contributed by atoms with Gasteiger partial charge >= 0.3 is 5.97 Å². The van der Waals surface area contributed by atoms with Gasteiger partial charge in [0.05, 0.1) is 6.42 Å². The highest BCUT2D eigenvalue weighted by molar-refractivity contribution is 5.94. The molecule has 1 N–H and O–H groups in total. The van der Waals surface area contributed by atoms with E-state index < -0.39 is 5.97 Å². The molecular weight excluding hydrogens is 242 g/mol. The molecule has 4 nitrogen and oxygen atoms in total. The van der Waals surface area contributed by atoms with Gasteiger partial charge in [-0.15, -0.1) is 0 Å². The second kappa shape index (κ2) is 6.92. The first-order valence-electron chi connectivity index (χ1n) is 6.57. The Morgan fingerprint density at radius 2 is 1.89 bits per heavy atom. The van der Waals surface area contributed by atoms with Crippen LogP contribution in [0, 0.1) is 5.92 Å². The smallest absolute Gasteiger partial charge is 0.307 e. The molecule has 0 spiro atoms. The zero-order chi connectivity index (χ0) is 14.4. The van der Waals surface area contributed by atoms with Crippen molar-refractivity contribution in [2.45, 2.75) is 33.1 Å². The zero-order valence-corrected chi connectivity index (χ0v) is 11.7. The summed E-state index contributed by atoms with van der Waals surface area (Å²) in [6, 6.07) is 7.12. The van der Waals surface area contributed by atoms with Crippen LogP contribution in [0.15, 0.2) is 24.3 Å². The summed E-state index contributed by atoms with van der Waals surface area (Å²) in [4.78, 5) is 24.6. The number of carbonyl (C=O) groups excluding carboxylic acids is 1. The first-order chi connectivity index (χ1) is 8.99. The van der Waals surface area contributed by atoms with E-state index in [9.17, 15) is 9.59 Å². The SMILES string of the molecule is CCC(CC)C(=O)N(C)c1cccc(CC(=O)O)c1. The number of nitrogens with zero attached hydrogens (tertiary/aromatic N) is 1. The lowest BCUT2D eigenvalue weighted by Gasteiger charge is -2.22. The number of anilines is 1. The predicted octanol–water partition coefficient (Wildman–Crippen LogP) is 2.71. The van der Waals surface area contributed by atoms with Gasteiger partial charge in [0.2, 0.25) is 5.91 Å². The van der Waals surface area contributed by atoms with Gasteiger partial charge in [0, 0.05) is 18.7 Å². The van der Waals surface area contributed by atoms with Gasteiger partial charge in [-0.25, -0.2) is 0 Å². The lowest BCUT2D eigenvalue weighted by Crippen LogP contribution is -2.32. The van der Waals surface area contributed by atoms with Crippen LogP contribution in [0.2, 0.25) is 0 Å². The molecule has 0 bridgehead atoms. The number of hydrogen-bond acceptors (Lipinski definition) is 2. The van der Waals surface area contributed by atoms with Crippen LogP contribution >= 0.6 is 0 Å². The molecule has 0 radical (unpaired) electrons. The Labute approximate surface area is 114 Å². The summed E-state index contributed by atoms with van der Waals surface area (Å²) in [5, 5.41) is 8.79. The third-order valence-electron chi connectivity index (χ3n) is 3.32. The van der Waals surface area contributed by atoms with E-state index in [-0.39, 0.29) is 18.2 Å². The average molecular weight is 263 g/mol. The number of hydrogen-bond donors (Lipinski definition) is 1. The number of benzene rings is 1. The molecule has 1 rings (SSSR count). The largest absolute Gasteiger partial charge is 0.481 e. The van der Waals surface area contributed by atoms with E-state index in [0.717, 1.165) is 18.5 Å². The summed E-state index contributed by atoms with van der Waals surface area (Å²) in [6.07, 6.45) is 1.60. The maximum Gasteiger partial charge on any atom is 0.307 e. The molecule has 0 unspecified atom stereocenters. The Kier molecular flexibility index (Phi) is 5.55. The Bertz CT molecular complexity index is 452. The Hall–Kier alpha value is -1.84. The summed E-state index contributed by atoms with van der Waals surface area (Å²) in [7, 11) is 1.74. The van der Waals surface area contributed by atoms with Crippen LogP contribution in [0.4, 0.5) is 5.69 Å². The molecule has 0 saturated heterocycles. The van der Waals surface area contributed by atoms with Crippen molar-refractivity contribution >= 4 is 17.6 Å². The molecule has 0 aliphatic heterocycles. The minimum Gasteiger partial charge on any atom is -0.481 e. The topological polar surface area (TPSA) is 57.6 Å². The van der Waals surface area contributed by atoms with Gasteiger partial charge in [-0.1, -0.05) is 26.0 Å². The quantitative estimate of drug-likeness (QED) is 0.858. The normalized spacial score (nSPS) is 10.5. The number of rotatable bonds is 6. The van der Waals surface area contributed by atoms with Crippen LogP contribution in [0.3, 0.4) is 0 Å². The molecule has 4 heteroatoms. The minimum atomic E-state index is -0.869. The maximum atomic E-state index is 12.2. The summed E-state index contributed by atoms with van der Waals surface area (Å²) in [5.74, 6) is -0.767. The van der Waals surface area contributed by atoms with E-state index in [0.29, 0.717) is 5.56 Å². The molecular formula is C15H21NO3. The van der Waals surface area contributed by atoms with Gasteiger partial charge in [0.25, 0.3) is 0 Å². The second-order valence-corrected chi connectivity index (χ2v) is 4.65. The van der Waals surface area contributed by atoms with Crippen molar-refractivity contribution in [1.29, 1.82) is 0 Å². The average Bonchev–Trinajstić information content (AvgIpc) is 2.38. The van der Waals surface area contributed by atoms with Crippen molar-refractivity contribution < 1.29 is 14.7 Å². The Balaban J connectivity index is 2.90. The number of carboxylic acids is 1. The highest BCUT2D eigenvalue weighted by Crippen LogP contribution is 2.20. The van der Waals surface area contributed by atoms with Crippen LogP contribution < -0.4 is 4.90 Å². The summed E-state index contributed by atoms with van der Waals surface area (Å²) < 4.78 is 0. The van der Waals surface area contributed by atoms with Crippen molar-refractivity contribution in [3.8, 4) is 0 Å². The van der Waals surface area contributed by atoms with Crippen LogP contribution in [0.1, 0.15) is 32.3 Å². The lowest BCUT2D eigenvalue weighted by molar-refractivity contribution is -0.136. The highest BCUT2D eigenvalue weighted by atomic mass is 16.4. The maximum absolute atomic E-state index is 12.2. The molecule has 0 aliphatic carbocycles. The highest BCUT2D eigenvalue weighted by Gasteiger charge is 2.19. The summed E-state index contributed by atoms with van der Waals surface area (Å²) in [5.41, 5.74) is 1.45. The first kappa shape index (κ1) is 15.2. The van der Waals surface area contributed by atoms with Gasteiger partial charge in [0.1, 0.15) is 0 Å². The minimum absolute atomic E-state index is 0.0214. The molecule has 0 fully saturated rings. The molecule has 1 aromatic rings. The number of amides is 1. The van der Waals surface area contributed by atoms with Crippen LogP contribution in [-0.2, 0) is 16.0 Å². The molecule has 1 aromatic carbocycles. The number of carboxylic acid groups (broad SMARTS) is 1. The number of aliphatic carboxylic acids is 1. The predicted molar refractivity (Wildman–Crippen MR) is 75.3 cm³/mol. The first-order valence-corrected chi connectivity index (χ1v) is 6.57. The molecule has 1 amide bonds. The van der Waals surface area contributed by atoms with E-state index in [2.05, 4.69) is 0 Å². The van der Waals surface area contributed by atoms with Crippen molar-refractivity contribution in [2.24, 2.45) is 5.92 Å². The fraction of sp³-hybridized carbons (Fsp3) is 0.467. The molecule has 0 aliphatic rings. The Morgan fingerprint density at radius 1 is 1.26 bits per heavy atom. The number of carbonyl (C=O) groups is 2. The van der Waals surface area contributed by atoms with Gasteiger partial charge in [0.15, 0.2) is 0 Å². The molecule has 104 valence electrons. The van der Waals surface area contributed by atoms with Crippen molar-refractivity contribution in [3.63, 3.8) is 0 Å². The van der Waals surface area contributed by atoms with Gasteiger partial charge in [-0.2, -0.15) is 0 Å². The molecule has 0 atom stereocenters. The van der Waals surface area contributed by atoms with E-state index in [1.165, 1.54) is 0 Å². The zero-order valence-electron chi connectivity index (χ0n) is 11.7. The Morgan fingerprint density at radius 3 is 2.42 bits per heavy atom. The van der Waals surface area contributed by atoms with Crippen LogP contribution in [-0.4, -0.2) is 24.0 Å². The van der Waals surface area contributed by atoms with Crippen LogP contribution in [0.25, 0.3) is 0 Å². The second-order valence-electron chi connectivity index (χ2n) is 4.65. The lowest BCUT2D eigenvalue weighted by atomic mass is 10.0. The van der Waals surface area contributed by atoms with E-state index in [1.807, 2.05) is 19.9 Å². The third-order valence-corrected chi connectivity index (χ3v) is 3.32. The fourth-order valence-electron chi connectivity index (χ4n) is 2.09. The van der Waals surface area contributed by atoms with Crippen molar-refractivity contribution in [3.05, 3.63) is 29.8 Å².